The third-order valence-corrected chi connectivity index (χ3v) is 5.21. The number of nitrogens with zero attached hydrogens (tertiary/aromatic N) is 2. The summed E-state index contributed by atoms with van der Waals surface area (Å²) in [7, 11) is 3.29. The van der Waals surface area contributed by atoms with Crippen LogP contribution >= 0.6 is 0 Å². The monoisotopic (exact) mass is 425 g/mol. The maximum absolute atomic E-state index is 13.1. The molecule has 6 nitrogen and oxygen atoms in total. The Kier molecular flexibility index (Phi) is 6.12. The fourth-order valence-corrected chi connectivity index (χ4v) is 3.51. The van der Waals surface area contributed by atoms with Gasteiger partial charge in [0.2, 0.25) is 12.1 Å². The molecule has 32 heavy (non-hydrogen) atoms. The Morgan fingerprint density at radius 3 is 2.41 bits per heavy atom. The molecule has 1 heterocycles. The minimum atomic E-state index is -1.05. The van der Waals surface area contributed by atoms with Crippen LogP contribution in [0.3, 0.4) is 0 Å². The molecule has 0 fully saturated rings. The van der Waals surface area contributed by atoms with E-state index in [1.54, 1.807) is 20.2 Å². The third-order valence-electron chi connectivity index (χ3n) is 5.21. The summed E-state index contributed by atoms with van der Waals surface area (Å²) in [6.07, 6.45) is 2.02. The van der Waals surface area contributed by atoms with Crippen LogP contribution in [0.1, 0.15) is 16.7 Å². The first-order valence-electron chi connectivity index (χ1n) is 10.2. The van der Waals surface area contributed by atoms with Gasteiger partial charge < -0.3 is 15.0 Å². The highest BCUT2D eigenvalue weighted by atomic mass is 16.5. The number of ether oxygens (including phenoxy) is 1. The van der Waals surface area contributed by atoms with Crippen LogP contribution in [0, 0.1) is 0 Å². The van der Waals surface area contributed by atoms with Crippen LogP contribution in [0.4, 0.5) is 5.69 Å². The highest BCUT2D eigenvalue weighted by molar-refractivity contribution is 6.20. The molecule has 4 rings (SSSR count). The topological polar surface area (TPSA) is 71.0 Å². The quantitative estimate of drug-likeness (QED) is 0.634. The molecule has 0 bridgehead atoms. The summed E-state index contributed by atoms with van der Waals surface area (Å²) in [6, 6.07) is 24.5. The van der Waals surface area contributed by atoms with Crippen molar-refractivity contribution < 1.29 is 14.3 Å². The average molecular weight is 425 g/mol. The van der Waals surface area contributed by atoms with Gasteiger partial charge in [-0.3, -0.25) is 9.59 Å². The molecule has 0 aromatic heterocycles. The second-order valence-corrected chi connectivity index (χ2v) is 7.28. The smallest absolute Gasteiger partial charge is 0.272 e. The molecule has 0 radical (unpaired) electrons. The number of nitrogens with one attached hydrogen (secondary N) is 1. The molecule has 1 aliphatic heterocycles. The van der Waals surface area contributed by atoms with E-state index in [-0.39, 0.29) is 5.91 Å². The summed E-state index contributed by atoms with van der Waals surface area (Å²) in [6.45, 7) is 0. The SMILES string of the molecule is COc1ccc(/C=C/C(=O)N[C@@H]2N=C(c3ccccc3)c3ccccc3N(C)C2=O)cc1. The predicted molar refractivity (Wildman–Crippen MR) is 126 cm³/mol. The summed E-state index contributed by atoms with van der Waals surface area (Å²) in [5.74, 6) is 0.0188. The molecule has 0 saturated heterocycles. The van der Waals surface area contributed by atoms with Crippen molar-refractivity contribution in [1.82, 2.24) is 5.32 Å². The van der Waals surface area contributed by atoms with E-state index < -0.39 is 12.1 Å². The molecule has 1 atom stereocenters. The lowest BCUT2D eigenvalue weighted by atomic mass is 10.0. The van der Waals surface area contributed by atoms with E-state index in [1.807, 2.05) is 78.9 Å². The standard InChI is InChI=1S/C26H23N3O3/c1-29-22-11-7-6-10-21(22)24(19-8-4-3-5-9-19)28-25(26(29)31)27-23(30)17-14-18-12-15-20(32-2)16-13-18/h3-17,25H,1-2H3,(H,27,30)/b17-14+/t25-/m1/s1. The molecule has 0 aliphatic carbocycles. The Morgan fingerprint density at radius 2 is 1.69 bits per heavy atom. The average Bonchev–Trinajstić information content (AvgIpc) is 2.94. The van der Waals surface area contributed by atoms with E-state index >= 15 is 0 Å². The number of hydrogen-bond donors (Lipinski definition) is 1. The number of hydrogen-bond acceptors (Lipinski definition) is 4. The summed E-state index contributed by atoms with van der Waals surface area (Å²) in [5.41, 5.74) is 3.94. The van der Waals surface area contributed by atoms with Crippen LogP contribution in [-0.4, -0.2) is 37.8 Å². The van der Waals surface area contributed by atoms with E-state index in [2.05, 4.69) is 10.3 Å². The van der Waals surface area contributed by atoms with Crippen LogP contribution in [0.2, 0.25) is 0 Å². The van der Waals surface area contributed by atoms with Crippen molar-refractivity contribution >= 4 is 29.3 Å². The van der Waals surface area contributed by atoms with Crippen LogP contribution in [0.25, 0.3) is 6.08 Å². The zero-order valence-electron chi connectivity index (χ0n) is 17.9. The molecule has 2 amide bonds. The molecule has 3 aromatic carbocycles. The van der Waals surface area contributed by atoms with Gasteiger partial charge in [0.05, 0.1) is 18.5 Å². The third kappa shape index (κ3) is 4.44. The number of likely N-dealkylation sites (N-methyl/N-ethyl adjacent to an activating group) is 1. The largest absolute Gasteiger partial charge is 0.497 e. The van der Waals surface area contributed by atoms with E-state index in [9.17, 15) is 9.59 Å². The second kappa shape index (κ2) is 9.31. The number of amides is 2. The molecule has 160 valence electrons. The fraction of sp³-hybridized carbons (Fsp3) is 0.115. The second-order valence-electron chi connectivity index (χ2n) is 7.28. The molecule has 0 spiro atoms. The zero-order valence-corrected chi connectivity index (χ0v) is 17.9. The lowest BCUT2D eigenvalue weighted by molar-refractivity contribution is -0.124. The van der Waals surface area contributed by atoms with E-state index in [0.29, 0.717) is 5.71 Å². The Hall–Kier alpha value is -4.19. The van der Waals surface area contributed by atoms with Crippen LogP contribution in [-0.2, 0) is 9.59 Å². The van der Waals surface area contributed by atoms with Crippen LogP contribution in [0.15, 0.2) is 89.9 Å². The first-order valence-corrected chi connectivity index (χ1v) is 10.2. The van der Waals surface area contributed by atoms with Gasteiger partial charge in [-0.15, -0.1) is 0 Å². The van der Waals surface area contributed by atoms with Gasteiger partial charge in [-0.05, 0) is 29.8 Å². The fourth-order valence-electron chi connectivity index (χ4n) is 3.51. The highest BCUT2D eigenvalue weighted by Crippen LogP contribution is 2.27. The Morgan fingerprint density at radius 1 is 1.00 bits per heavy atom. The predicted octanol–water partition coefficient (Wildman–Crippen LogP) is 3.66. The normalized spacial score (nSPS) is 15.7. The van der Waals surface area contributed by atoms with Gasteiger partial charge >= 0.3 is 0 Å². The first kappa shape index (κ1) is 21.1. The van der Waals surface area contributed by atoms with Crippen molar-refractivity contribution in [2.24, 2.45) is 4.99 Å². The number of methoxy groups -OCH3 is 1. The van der Waals surface area contributed by atoms with Gasteiger partial charge in [0.1, 0.15) is 5.75 Å². The number of fused-ring (bicyclic) bond motifs is 1. The van der Waals surface area contributed by atoms with E-state index in [0.717, 1.165) is 28.1 Å². The number of anilines is 1. The summed E-state index contributed by atoms with van der Waals surface area (Å²) in [5, 5.41) is 2.74. The summed E-state index contributed by atoms with van der Waals surface area (Å²) in [4.78, 5) is 32.0. The first-order chi connectivity index (χ1) is 15.6. The van der Waals surface area contributed by atoms with Gasteiger partial charge in [0.25, 0.3) is 5.91 Å². The van der Waals surface area contributed by atoms with E-state index in [4.69, 9.17) is 4.74 Å². The lowest BCUT2D eigenvalue weighted by Crippen LogP contribution is -2.45. The van der Waals surface area contributed by atoms with Gasteiger partial charge in [-0.1, -0.05) is 60.7 Å². The maximum atomic E-state index is 13.1. The number of carbonyl (C=O) groups is 2. The van der Waals surface area contributed by atoms with Gasteiger partial charge in [-0.25, -0.2) is 4.99 Å². The summed E-state index contributed by atoms with van der Waals surface area (Å²) >= 11 is 0. The van der Waals surface area contributed by atoms with E-state index in [1.165, 1.54) is 11.0 Å². The van der Waals surface area contributed by atoms with Crippen molar-refractivity contribution in [3.05, 3.63) is 102 Å². The van der Waals surface area contributed by atoms with Crippen molar-refractivity contribution in [2.75, 3.05) is 19.1 Å². The Bertz CT molecular complexity index is 1180. The summed E-state index contributed by atoms with van der Waals surface area (Å²) < 4.78 is 5.14. The molecule has 3 aromatic rings. The minimum absolute atomic E-state index is 0.311. The molecular weight excluding hydrogens is 402 g/mol. The number of para-hydroxylation sites is 1. The number of rotatable bonds is 5. The van der Waals surface area contributed by atoms with Gasteiger partial charge in [0.15, 0.2) is 0 Å². The van der Waals surface area contributed by atoms with Gasteiger partial charge in [0, 0.05) is 24.3 Å². The molecule has 6 heteroatoms. The van der Waals surface area contributed by atoms with Crippen molar-refractivity contribution in [3.8, 4) is 5.75 Å². The maximum Gasteiger partial charge on any atom is 0.272 e. The minimum Gasteiger partial charge on any atom is -0.497 e. The number of aliphatic imine (C=N–C) groups is 1. The molecule has 0 unspecified atom stereocenters. The molecule has 1 N–H and O–H groups in total. The Labute approximate surface area is 186 Å². The van der Waals surface area contributed by atoms with Crippen molar-refractivity contribution in [3.63, 3.8) is 0 Å². The number of benzene rings is 3. The lowest BCUT2D eigenvalue weighted by Gasteiger charge is -2.20. The van der Waals surface area contributed by atoms with Gasteiger partial charge in [-0.2, -0.15) is 0 Å². The molecule has 1 aliphatic rings. The molecular formula is C26H23N3O3. The highest BCUT2D eigenvalue weighted by Gasteiger charge is 2.30. The molecule has 0 saturated carbocycles. The van der Waals surface area contributed by atoms with Crippen molar-refractivity contribution in [2.45, 2.75) is 6.17 Å². The zero-order chi connectivity index (χ0) is 22.5. The van der Waals surface area contributed by atoms with Crippen molar-refractivity contribution in [1.29, 1.82) is 0 Å². The number of benzodiazepines with no additional fused rings is 1. The van der Waals surface area contributed by atoms with Crippen LogP contribution < -0.4 is 15.0 Å². The Balaban J connectivity index is 1.63. The van der Waals surface area contributed by atoms with Crippen LogP contribution in [0.5, 0.6) is 5.75 Å². The number of carbonyl (C=O) groups excluding carboxylic acids is 2.